The van der Waals surface area contributed by atoms with Crippen molar-refractivity contribution in [2.75, 3.05) is 6.61 Å². The van der Waals surface area contributed by atoms with E-state index in [-0.39, 0.29) is 12.5 Å². The molecule has 2 rings (SSSR count). The standard InChI is InChI=1S/C15H18Cl2N2O2/c1-10-3-2-4-12(7-10)18-19-15(20)9-21-14-6-5-11(16)8-13(14)17/h5-6,8,10H,2-4,7,9H2,1H3,(H,19,20)/b18-12-/t10-/m1/s1. The van der Waals surface area contributed by atoms with Crippen molar-refractivity contribution in [1.29, 1.82) is 0 Å². The highest BCUT2D eigenvalue weighted by molar-refractivity contribution is 6.35. The molecule has 1 saturated carbocycles. The van der Waals surface area contributed by atoms with Crippen molar-refractivity contribution < 1.29 is 9.53 Å². The zero-order valence-electron chi connectivity index (χ0n) is 11.9. The number of carbonyl (C=O) groups is 1. The highest BCUT2D eigenvalue weighted by atomic mass is 35.5. The van der Waals surface area contributed by atoms with Crippen molar-refractivity contribution in [3.05, 3.63) is 28.2 Å². The molecular formula is C15H18Cl2N2O2. The maximum Gasteiger partial charge on any atom is 0.277 e. The van der Waals surface area contributed by atoms with Gasteiger partial charge in [0.1, 0.15) is 5.75 Å². The van der Waals surface area contributed by atoms with Gasteiger partial charge in [-0.1, -0.05) is 30.1 Å². The van der Waals surface area contributed by atoms with Gasteiger partial charge in [0.15, 0.2) is 6.61 Å². The molecule has 6 heteroatoms. The Morgan fingerprint density at radius 1 is 1.48 bits per heavy atom. The average Bonchev–Trinajstić information content (AvgIpc) is 2.44. The van der Waals surface area contributed by atoms with Crippen LogP contribution in [0.3, 0.4) is 0 Å². The number of rotatable bonds is 4. The Morgan fingerprint density at radius 2 is 2.29 bits per heavy atom. The van der Waals surface area contributed by atoms with E-state index in [1.807, 2.05) is 0 Å². The number of halogens is 2. The lowest BCUT2D eigenvalue weighted by atomic mass is 9.89. The molecule has 1 aromatic rings. The van der Waals surface area contributed by atoms with Gasteiger partial charge in [0, 0.05) is 10.7 Å². The van der Waals surface area contributed by atoms with Gasteiger partial charge in [0.2, 0.25) is 0 Å². The van der Waals surface area contributed by atoms with Crippen LogP contribution in [0, 0.1) is 5.92 Å². The van der Waals surface area contributed by atoms with E-state index in [1.54, 1.807) is 18.2 Å². The van der Waals surface area contributed by atoms with Crippen LogP contribution in [0.4, 0.5) is 0 Å². The van der Waals surface area contributed by atoms with E-state index in [4.69, 9.17) is 27.9 Å². The number of amides is 1. The Labute approximate surface area is 134 Å². The molecule has 0 saturated heterocycles. The van der Waals surface area contributed by atoms with Crippen molar-refractivity contribution in [1.82, 2.24) is 5.43 Å². The predicted molar refractivity (Wildman–Crippen MR) is 85.2 cm³/mol. The molecule has 0 spiro atoms. The average molecular weight is 329 g/mol. The van der Waals surface area contributed by atoms with Crippen LogP contribution in [0.1, 0.15) is 32.6 Å². The summed E-state index contributed by atoms with van der Waals surface area (Å²) in [5, 5.41) is 5.07. The molecule has 0 heterocycles. The summed E-state index contributed by atoms with van der Waals surface area (Å²) in [7, 11) is 0. The second-order valence-electron chi connectivity index (χ2n) is 5.28. The molecule has 1 atom stereocenters. The van der Waals surface area contributed by atoms with Gasteiger partial charge in [-0.3, -0.25) is 4.79 Å². The Morgan fingerprint density at radius 3 is 3.00 bits per heavy atom. The van der Waals surface area contributed by atoms with Gasteiger partial charge in [-0.25, -0.2) is 5.43 Å². The number of hydrogen-bond donors (Lipinski definition) is 1. The second-order valence-corrected chi connectivity index (χ2v) is 6.12. The molecule has 0 aliphatic heterocycles. The highest BCUT2D eigenvalue weighted by Crippen LogP contribution is 2.27. The van der Waals surface area contributed by atoms with Gasteiger partial charge in [0.25, 0.3) is 5.91 Å². The van der Waals surface area contributed by atoms with Crippen molar-refractivity contribution in [3.63, 3.8) is 0 Å². The van der Waals surface area contributed by atoms with E-state index in [9.17, 15) is 4.79 Å². The Hall–Kier alpha value is -1.26. The number of nitrogens with one attached hydrogen (secondary N) is 1. The van der Waals surface area contributed by atoms with E-state index in [2.05, 4.69) is 17.5 Å². The van der Waals surface area contributed by atoms with Crippen LogP contribution < -0.4 is 10.2 Å². The smallest absolute Gasteiger partial charge is 0.277 e. The van der Waals surface area contributed by atoms with Crippen molar-refractivity contribution in [3.8, 4) is 5.75 Å². The lowest BCUT2D eigenvalue weighted by molar-refractivity contribution is -0.123. The number of nitrogens with zero attached hydrogens (tertiary/aromatic N) is 1. The number of benzene rings is 1. The third-order valence-electron chi connectivity index (χ3n) is 3.34. The first-order valence-electron chi connectivity index (χ1n) is 6.96. The molecule has 1 aliphatic rings. The monoisotopic (exact) mass is 328 g/mol. The highest BCUT2D eigenvalue weighted by Gasteiger charge is 2.14. The first kappa shape index (κ1) is 16.1. The molecule has 4 nitrogen and oxygen atoms in total. The minimum absolute atomic E-state index is 0.131. The molecule has 1 aromatic carbocycles. The van der Waals surface area contributed by atoms with Gasteiger partial charge >= 0.3 is 0 Å². The largest absolute Gasteiger partial charge is 0.482 e. The lowest BCUT2D eigenvalue weighted by Crippen LogP contribution is -2.27. The van der Waals surface area contributed by atoms with Gasteiger partial charge in [-0.2, -0.15) is 5.10 Å². The van der Waals surface area contributed by atoms with Crippen molar-refractivity contribution in [2.45, 2.75) is 32.6 Å². The van der Waals surface area contributed by atoms with Crippen LogP contribution >= 0.6 is 23.2 Å². The van der Waals surface area contributed by atoms with E-state index >= 15 is 0 Å². The van der Waals surface area contributed by atoms with E-state index in [0.29, 0.717) is 21.7 Å². The molecule has 1 aliphatic carbocycles. The van der Waals surface area contributed by atoms with E-state index in [0.717, 1.165) is 25.0 Å². The summed E-state index contributed by atoms with van der Waals surface area (Å²) in [6.45, 7) is 2.07. The first-order chi connectivity index (χ1) is 10.0. The molecule has 0 aromatic heterocycles. The summed E-state index contributed by atoms with van der Waals surface area (Å²) < 4.78 is 5.34. The zero-order valence-corrected chi connectivity index (χ0v) is 13.4. The predicted octanol–water partition coefficient (Wildman–Crippen LogP) is 4.05. The minimum atomic E-state index is -0.299. The lowest BCUT2D eigenvalue weighted by Gasteiger charge is -2.18. The third-order valence-corrected chi connectivity index (χ3v) is 3.87. The number of hydrogen-bond acceptors (Lipinski definition) is 3. The molecule has 0 radical (unpaired) electrons. The van der Waals surface area contributed by atoms with Crippen LogP contribution in [0.15, 0.2) is 23.3 Å². The van der Waals surface area contributed by atoms with Gasteiger partial charge < -0.3 is 4.74 Å². The summed E-state index contributed by atoms with van der Waals surface area (Å²) in [5.41, 5.74) is 3.58. The van der Waals surface area contributed by atoms with E-state index in [1.165, 1.54) is 6.42 Å². The van der Waals surface area contributed by atoms with Crippen LogP contribution in [-0.2, 0) is 4.79 Å². The number of carbonyl (C=O) groups excluding carboxylic acids is 1. The molecule has 0 bridgehead atoms. The second kappa shape index (κ2) is 7.66. The van der Waals surface area contributed by atoms with Crippen molar-refractivity contribution >= 4 is 34.8 Å². The molecule has 114 valence electrons. The first-order valence-corrected chi connectivity index (χ1v) is 7.72. The third kappa shape index (κ3) is 5.21. The molecular weight excluding hydrogens is 311 g/mol. The summed E-state index contributed by atoms with van der Waals surface area (Å²) in [6, 6.07) is 4.86. The van der Waals surface area contributed by atoms with Crippen LogP contribution in [-0.4, -0.2) is 18.2 Å². The fraction of sp³-hybridized carbons (Fsp3) is 0.467. The van der Waals surface area contributed by atoms with Crippen molar-refractivity contribution in [2.24, 2.45) is 11.0 Å². The fourth-order valence-electron chi connectivity index (χ4n) is 2.27. The maximum atomic E-state index is 11.7. The SMILES string of the molecule is C[C@@H]1CCC/C(=N/NC(=O)COc2ccc(Cl)cc2Cl)C1. The molecule has 1 N–H and O–H groups in total. The van der Waals surface area contributed by atoms with Crippen LogP contribution in [0.2, 0.25) is 10.0 Å². The summed E-state index contributed by atoms with van der Waals surface area (Å²) in [5.74, 6) is 0.764. The minimum Gasteiger partial charge on any atom is -0.482 e. The molecule has 0 unspecified atom stereocenters. The topological polar surface area (TPSA) is 50.7 Å². The molecule has 1 fully saturated rings. The quantitative estimate of drug-likeness (QED) is 0.847. The van der Waals surface area contributed by atoms with Crippen LogP contribution in [0.25, 0.3) is 0 Å². The molecule has 21 heavy (non-hydrogen) atoms. The number of hydrazone groups is 1. The van der Waals surface area contributed by atoms with Gasteiger partial charge in [-0.15, -0.1) is 0 Å². The summed E-state index contributed by atoms with van der Waals surface area (Å²) in [4.78, 5) is 11.7. The normalized spacial score (nSPS) is 20.3. The fourth-order valence-corrected chi connectivity index (χ4v) is 2.73. The Balaban J connectivity index is 1.80. The molecule has 1 amide bonds. The summed E-state index contributed by atoms with van der Waals surface area (Å²) in [6.07, 6.45) is 4.26. The Bertz CT molecular complexity index is 546. The van der Waals surface area contributed by atoms with Gasteiger partial charge in [0.05, 0.1) is 5.02 Å². The maximum absolute atomic E-state index is 11.7. The van der Waals surface area contributed by atoms with Gasteiger partial charge in [-0.05, 0) is 49.8 Å². The van der Waals surface area contributed by atoms with Crippen LogP contribution in [0.5, 0.6) is 5.75 Å². The van der Waals surface area contributed by atoms with E-state index < -0.39 is 0 Å². The summed E-state index contributed by atoms with van der Waals surface area (Å²) >= 11 is 11.7. The number of ether oxygens (including phenoxy) is 1. The Kier molecular flexibility index (Phi) is 5.88. The zero-order chi connectivity index (χ0) is 15.2.